The van der Waals surface area contributed by atoms with E-state index in [1.54, 1.807) is 19.1 Å². The third-order valence-electron chi connectivity index (χ3n) is 4.41. The zero-order valence-electron chi connectivity index (χ0n) is 19.0. The summed E-state index contributed by atoms with van der Waals surface area (Å²) in [4.78, 5) is 34.8. The van der Waals surface area contributed by atoms with Gasteiger partial charge in [0.1, 0.15) is 11.5 Å². The Morgan fingerprint density at radius 1 is 1.18 bits per heavy atom. The molecule has 0 saturated carbocycles. The van der Waals surface area contributed by atoms with Gasteiger partial charge in [0.05, 0.1) is 25.2 Å². The number of phenolic OH excluding ortho intramolecular Hbond substituents is 1. The second-order valence-corrected chi connectivity index (χ2v) is 9.34. The molecule has 2 rings (SSSR count). The van der Waals surface area contributed by atoms with E-state index in [1.807, 2.05) is 6.92 Å². The number of ether oxygens (including phenoxy) is 2. The van der Waals surface area contributed by atoms with E-state index < -0.39 is 5.97 Å². The molecule has 11 heteroatoms. The van der Waals surface area contributed by atoms with E-state index >= 15 is 0 Å². The molecule has 0 bridgehead atoms. The molecule has 1 amide bonds. The molecule has 33 heavy (non-hydrogen) atoms. The summed E-state index contributed by atoms with van der Waals surface area (Å²) in [7, 11) is 0. The van der Waals surface area contributed by atoms with Gasteiger partial charge in [-0.2, -0.15) is 0 Å². The Labute approximate surface area is 201 Å². The Morgan fingerprint density at radius 3 is 2.67 bits per heavy atom. The Kier molecular flexibility index (Phi) is 11.1. The van der Waals surface area contributed by atoms with Gasteiger partial charge in [0.25, 0.3) is 0 Å². The number of benzene rings is 1. The number of rotatable bonds is 14. The van der Waals surface area contributed by atoms with E-state index in [-0.39, 0.29) is 36.9 Å². The molecular weight excluding hydrogens is 466 g/mol. The van der Waals surface area contributed by atoms with Crippen molar-refractivity contribution < 1.29 is 29.0 Å². The van der Waals surface area contributed by atoms with Gasteiger partial charge in [-0.25, -0.2) is 0 Å². The Hall–Kier alpha value is -2.66. The zero-order chi connectivity index (χ0) is 24.2. The van der Waals surface area contributed by atoms with Crippen molar-refractivity contribution >= 4 is 45.9 Å². The molecule has 1 heterocycles. The lowest BCUT2D eigenvalue weighted by molar-refractivity contribution is -0.144. The van der Waals surface area contributed by atoms with Gasteiger partial charge in [0.15, 0.2) is 10.1 Å². The number of carbonyl (C=O) groups is 3. The summed E-state index contributed by atoms with van der Waals surface area (Å²) in [5.74, 6) is 0.419. The second-order valence-electron chi connectivity index (χ2n) is 7.02. The van der Waals surface area contributed by atoms with Crippen molar-refractivity contribution in [2.24, 2.45) is 0 Å². The summed E-state index contributed by atoms with van der Waals surface area (Å²) in [6.45, 7) is 5.87. The van der Waals surface area contributed by atoms with Gasteiger partial charge >= 0.3 is 5.97 Å². The van der Waals surface area contributed by atoms with Crippen LogP contribution in [0.4, 0.5) is 5.13 Å². The second kappa shape index (κ2) is 13.8. The first-order valence-electron chi connectivity index (χ1n) is 10.8. The standard InChI is InChI=1S/C22H29N3O6S2/c1-4-7-16-17(9-8-15(14(3)26)20(16)29)31-12-6-13-32-22-25-24-21(33-22)23-18(27)10-11-19(28)30-5-2/h8-9,29H,4-7,10-13H2,1-3H3,(H,23,24,27). The fourth-order valence-electron chi connectivity index (χ4n) is 2.88. The van der Waals surface area contributed by atoms with Crippen LogP contribution < -0.4 is 10.1 Å². The molecule has 2 N–H and O–H groups in total. The van der Waals surface area contributed by atoms with Crippen molar-refractivity contribution in [3.8, 4) is 11.5 Å². The largest absolute Gasteiger partial charge is 0.507 e. The van der Waals surface area contributed by atoms with Crippen LogP contribution in [0.2, 0.25) is 0 Å². The monoisotopic (exact) mass is 495 g/mol. The third kappa shape index (κ3) is 8.65. The van der Waals surface area contributed by atoms with E-state index in [1.165, 1.54) is 30.0 Å². The van der Waals surface area contributed by atoms with E-state index in [4.69, 9.17) is 9.47 Å². The molecular formula is C22H29N3O6S2. The van der Waals surface area contributed by atoms with Crippen molar-refractivity contribution in [3.63, 3.8) is 0 Å². The summed E-state index contributed by atoms with van der Waals surface area (Å²) in [5.41, 5.74) is 0.965. The number of Topliss-reactive ketones (excluding diaryl/α,β-unsaturated/α-hetero) is 1. The molecule has 0 aliphatic rings. The van der Waals surface area contributed by atoms with Gasteiger partial charge in [0.2, 0.25) is 11.0 Å². The van der Waals surface area contributed by atoms with Crippen molar-refractivity contribution in [2.75, 3.05) is 24.3 Å². The van der Waals surface area contributed by atoms with Crippen molar-refractivity contribution in [2.45, 2.75) is 57.2 Å². The predicted octanol–water partition coefficient (Wildman–Crippen LogP) is 4.24. The van der Waals surface area contributed by atoms with Crippen LogP contribution in [0.15, 0.2) is 16.5 Å². The minimum atomic E-state index is -0.407. The summed E-state index contributed by atoms with van der Waals surface area (Å²) in [6.07, 6.45) is 2.22. The molecule has 0 atom stereocenters. The highest BCUT2D eigenvalue weighted by Crippen LogP contribution is 2.33. The number of hydrogen-bond donors (Lipinski definition) is 2. The number of phenols is 1. The first-order chi connectivity index (χ1) is 15.8. The van der Waals surface area contributed by atoms with Crippen LogP contribution in [0, 0.1) is 0 Å². The number of aromatic hydroxyl groups is 1. The Balaban J connectivity index is 1.76. The van der Waals surface area contributed by atoms with E-state index in [9.17, 15) is 19.5 Å². The van der Waals surface area contributed by atoms with Crippen molar-refractivity contribution in [3.05, 3.63) is 23.3 Å². The fraction of sp³-hybridized carbons (Fsp3) is 0.500. The summed E-state index contributed by atoms with van der Waals surface area (Å²) < 4.78 is 11.4. The number of thioether (sulfide) groups is 1. The minimum absolute atomic E-state index is 0.00178. The first kappa shape index (κ1) is 26.6. The van der Waals surface area contributed by atoms with E-state index in [0.29, 0.717) is 39.4 Å². The Bertz CT molecular complexity index is 964. The van der Waals surface area contributed by atoms with E-state index in [0.717, 1.165) is 18.6 Å². The van der Waals surface area contributed by atoms with Crippen molar-refractivity contribution in [1.82, 2.24) is 10.2 Å². The molecule has 0 aliphatic heterocycles. The number of esters is 1. The molecule has 1 aromatic carbocycles. The number of aromatic nitrogens is 2. The lowest BCUT2D eigenvalue weighted by Gasteiger charge is -2.14. The quantitative estimate of drug-likeness (QED) is 0.130. The topological polar surface area (TPSA) is 128 Å². The lowest BCUT2D eigenvalue weighted by atomic mass is 10.0. The number of amides is 1. The van der Waals surface area contributed by atoms with Gasteiger partial charge in [-0.15, -0.1) is 10.2 Å². The van der Waals surface area contributed by atoms with Gasteiger partial charge < -0.3 is 19.9 Å². The maximum absolute atomic E-state index is 11.9. The Morgan fingerprint density at radius 2 is 1.97 bits per heavy atom. The lowest BCUT2D eigenvalue weighted by Crippen LogP contribution is -2.14. The fourth-order valence-corrected chi connectivity index (χ4v) is 4.63. The van der Waals surface area contributed by atoms with Crippen molar-refractivity contribution in [1.29, 1.82) is 0 Å². The van der Waals surface area contributed by atoms with Gasteiger partial charge in [0, 0.05) is 17.7 Å². The van der Waals surface area contributed by atoms with Crippen LogP contribution in [-0.2, 0) is 20.7 Å². The van der Waals surface area contributed by atoms with Gasteiger partial charge in [-0.1, -0.05) is 36.4 Å². The molecule has 0 aliphatic carbocycles. The summed E-state index contributed by atoms with van der Waals surface area (Å²) >= 11 is 2.76. The molecule has 2 aromatic rings. The average Bonchev–Trinajstić information content (AvgIpc) is 3.21. The molecule has 0 unspecified atom stereocenters. The number of ketones is 1. The minimum Gasteiger partial charge on any atom is -0.507 e. The third-order valence-corrected chi connectivity index (χ3v) is 6.46. The normalized spacial score (nSPS) is 10.6. The van der Waals surface area contributed by atoms with E-state index in [2.05, 4.69) is 15.5 Å². The van der Waals surface area contributed by atoms with Crippen LogP contribution in [0.25, 0.3) is 0 Å². The van der Waals surface area contributed by atoms with Gasteiger partial charge in [-0.05, 0) is 38.8 Å². The SMILES string of the molecule is CCCc1c(OCCCSc2nnc(NC(=O)CCC(=O)OCC)s2)ccc(C(C)=O)c1O. The number of carbonyl (C=O) groups excluding carboxylic acids is 3. The smallest absolute Gasteiger partial charge is 0.306 e. The summed E-state index contributed by atoms with van der Waals surface area (Å²) in [6, 6.07) is 3.32. The molecule has 0 saturated heterocycles. The molecule has 180 valence electrons. The van der Waals surface area contributed by atoms with Gasteiger partial charge in [-0.3, -0.25) is 14.4 Å². The van der Waals surface area contributed by atoms with Crippen LogP contribution in [0.3, 0.4) is 0 Å². The van der Waals surface area contributed by atoms with Crippen LogP contribution in [-0.4, -0.2) is 51.9 Å². The predicted molar refractivity (Wildman–Crippen MR) is 127 cm³/mol. The highest BCUT2D eigenvalue weighted by atomic mass is 32.2. The van der Waals surface area contributed by atoms with Crippen LogP contribution >= 0.6 is 23.1 Å². The average molecular weight is 496 g/mol. The highest BCUT2D eigenvalue weighted by molar-refractivity contribution is 8.01. The molecule has 0 fully saturated rings. The first-order valence-corrected chi connectivity index (χ1v) is 12.6. The summed E-state index contributed by atoms with van der Waals surface area (Å²) in [5, 5.41) is 21.4. The molecule has 1 aromatic heterocycles. The maximum Gasteiger partial charge on any atom is 0.306 e. The maximum atomic E-state index is 11.9. The number of anilines is 1. The zero-order valence-corrected chi connectivity index (χ0v) is 20.6. The number of hydrogen-bond acceptors (Lipinski definition) is 10. The molecule has 0 spiro atoms. The molecule has 9 nitrogen and oxygen atoms in total. The number of nitrogens with one attached hydrogen (secondary N) is 1. The van der Waals surface area contributed by atoms with Crippen LogP contribution in [0.1, 0.15) is 62.4 Å². The number of nitrogens with zero attached hydrogens (tertiary/aromatic N) is 2. The highest BCUT2D eigenvalue weighted by Gasteiger charge is 2.16. The molecule has 0 radical (unpaired) electrons. The van der Waals surface area contributed by atoms with Crippen LogP contribution in [0.5, 0.6) is 11.5 Å².